The van der Waals surface area contributed by atoms with Crippen LogP contribution in [0.3, 0.4) is 0 Å². The molecule has 0 fully saturated rings. The molecule has 21 heavy (non-hydrogen) atoms. The fourth-order valence-electron chi connectivity index (χ4n) is 1.49. The average Bonchev–Trinajstić information content (AvgIpc) is 2.36. The Hall–Kier alpha value is -1.22. The second-order valence-electron chi connectivity index (χ2n) is 5.93. The molecule has 0 unspecified atom stereocenters. The highest BCUT2D eigenvalue weighted by molar-refractivity contribution is 7.92. The first-order chi connectivity index (χ1) is 9.63. The molecule has 0 aliphatic heterocycles. The number of hydrogen-bond donors (Lipinski definition) is 2. The zero-order chi connectivity index (χ0) is 16.1. The van der Waals surface area contributed by atoms with E-state index in [1.807, 2.05) is 20.8 Å². The van der Waals surface area contributed by atoms with Gasteiger partial charge in [-0.25, -0.2) is 8.42 Å². The van der Waals surface area contributed by atoms with Crippen LogP contribution in [0.25, 0.3) is 0 Å². The van der Waals surface area contributed by atoms with E-state index in [1.54, 1.807) is 18.2 Å². The maximum atomic E-state index is 12.1. The lowest BCUT2D eigenvalue weighted by atomic mass is 9.94. The van der Waals surface area contributed by atoms with E-state index in [0.29, 0.717) is 22.7 Å². The van der Waals surface area contributed by atoms with E-state index in [-0.39, 0.29) is 17.7 Å². The minimum absolute atomic E-state index is 0.0472. The minimum Gasteiger partial charge on any atom is -0.320 e. The molecule has 3 N–H and O–H groups in total. The van der Waals surface area contributed by atoms with Crippen LogP contribution in [0.5, 0.6) is 0 Å². The zero-order valence-corrected chi connectivity index (χ0v) is 14.1. The first-order valence-electron chi connectivity index (χ1n) is 6.62. The predicted octanol–water partition coefficient (Wildman–Crippen LogP) is 2.83. The van der Waals surface area contributed by atoms with Crippen LogP contribution in [-0.4, -0.2) is 20.7 Å². The molecule has 116 valence electrons. The van der Waals surface area contributed by atoms with Gasteiger partial charge in [0.15, 0.2) is 0 Å². The topological polar surface area (TPSA) is 72.2 Å². The molecule has 0 spiro atoms. The van der Waals surface area contributed by atoms with Gasteiger partial charge in [0.2, 0.25) is 10.0 Å². The van der Waals surface area contributed by atoms with Crippen LogP contribution in [0.4, 0.5) is 5.69 Å². The second-order valence-corrected chi connectivity index (χ2v) is 8.18. The molecule has 0 aliphatic rings. The van der Waals surface area contributed by atoms with E-state index in [4.69, 9.17) is 17.3 Å². The summed E-state index contributed by atoms with van der Waals surface area (Å²) in [6.45, 7) is 6.24. The normalized spacial score (nSPS) is 11.7. The molecule has 0 bridgehead atoms. The third-order valence-electron chi connectivity index (χ3n) is 2.69. The summed E-state index contributed by atoms with van der Waals surface area (Å²) in [5.41, 5.74) is 6.27. The van der Waals surface area contributed by atoms with Crippen molar-refractivity contribution in [3.05, 3.63) is 28.8 Å². The summed E-state index contributed by atoms with van der Waals surface area (Å²) >= 11 is 6.03. The zero-order valence-electron chi connectivity index (χ0n) is 12.5. The Bertz CT molecular complexity index is 652. The van der Waals surface area contributed by atoms with Crippen molar-refractivity contribution < 1.29 is 8.42 Å². The highest BCUT2D eigenvalue weighted by atomic mass is 35.5. The lowest BCUT2D eigenvalue weighted by Crippen LogP contribution is -2.21. The number of benzene rings is 1. The van der Waals surface area contributed by atoms with Crippen LogP contribution in [-0.2, 0) is 10.0 Å². The van der Waals surface area contributed by atoms with E-state index in [0.717, 1.165) is 0 Å². The number of nitrogens with two attached hydrogens (primary N) is 1. The number of halogens is 1. The molecule has 0 radical (unpaired) electrons. The Morgan fingerprint density at radius 2 is 2.00 bits per heavy atom. The summed E-state index contributed by atoms with van der Waals surface area (Å²) in [5, 5.41) is 0.340. The lowest BCUT2D eigenvalue weighted by molar-refractivity contribution is 0.397. The van der Waals surface area contributed by atoms with Crippen LogP contribution in [0.1, 0.15) is 32.8 Å². The Balaban J connectivity index is 2.91. The second kappa shape index (κ2) is 7.17. The van der Waals surface area contributed by atoms with Gasteiger partial charge in [-0.15, -0.1) is 0 Å². The van der Waals surface area contributed by atoms with Gasteiger partial charge in [0.1, 0.15) is 0 Å². The molecule has 0 aliphatic carbocycles. The van der Waals surface area contributed by atoms with Gasteiger partial charge in [-0.05, 0) is 30.0 Å². The van der Waals surface area contributed by atoms with E-state index in [2.05, 4.69) is 16.6 Å². The Morgan fingerprint density at radius 1 is 1.33 bits per heavy atom. The summed E-state index contributed by atoms with van der Waals surface area (Å²) < 4.78 is 26.7. The van der Waals surface area contributed by atoms with Crippen molar-refractivity contribution >= 4 is 27.3 Å². The minimum atomic E-state index is -3.43. The van der Waals surface area contributed by atoms with Crippen molar-refractivity contribution in [1.29, 1.82) is 0 Å². The number of sulfonamides is 1. The van der Waals surface area contributed by atoms with Crippen molar-refractivity contribution in [3.8, 4) is 11.8 Å². The Kier molecular flexibility index (Phi) is 6.09. The van der Waals surface area contributed by atoms with Gasteiger partial charge in [-0.3, -0.25) is 4.72 Å². The van der Waals surface area contributed by atoms with Gasteiger partial charge >= 0.3 is 0 Å². The van der Waals surface area contributed by atoms with Gasteiger partial charge in [0, 0.05) is 5.56 Å². The van der Waals surface area contributed by atoms with Crippen LogP contribution < -0.4 is 10.5 Å². The van der Waals surface area contributed by atoms with Gasteiger partial charge in [0.05, 0.1) is 23.0 Å². The molecule has 6 heteroatoms. The standard InChI is InChI=1S/C15H21ClN2O2S/c1-15(2,3)8-10-21(19,20)18-14-11-12(5-4-9-17)6-7-13(14)16/h6-7,11,18H,8-10,17H2,1-3H3. The highest BCUT2D eigenvalue weighted by Gasteiger charge is 2.18. The first kappa shape index (κ1) is 17.8. The number of nitrogens with one attached hydrogen (secondary N) is 1. The quantitative estimate of drug-likeness (QED) is 0.835. The smallest absolute Gasteiger partial charge is 0.232 e. The van der Waals surface area contributed by atoms with Crippen molar-refractivity contribution in [2.75, 3.05) is 17.0 Å². The maximum absolute atomic E-state index is 12.1. The van der Waals surface area contributed by atoms with Gasteiger partial charge < -0.3 is 5.73 Å². The fourth-order valence-corrected chi connectivity index (χ4v) is 3.20. The Morgan fingerprint density at radius 3 is 2.57 bits per heavy atom. The third-order valence-corrected chi connectivity index (χ3v) is 4.29. The molecule has 1 aromatic carbocycles. The van der Waals surface area contributed by atoms with Crippen LogP contribution >= 0.6 is 11.6 Å². The van der Waals surface area contributed by atoms with E-state index in [1.165, 1.54) is 0 Å². The summed E-state index contributed by atoms with van der Waals surface area (Å²) in [6, 6.07) is 4.95. The summed E-state index contributed by atoms with van der Waals surface area (Å²) in [7, 11) is -3.43. The summed E-state index contributed by atoms with van der Waals surface area (Å²) in [4.78, 5) is 0. The van der Waals surface area contributed by atoms with E-state index in [9.17, 15) is 8.42 Å². The molecule has 4 nitrogen and oxygen atoms in total. The first-order valence-corrected chi connectivity index (χ1v) is 8.65. The molecule has 0 saturated heterocycles. The molecule has 0 atom stereocenters. The van der Waals surface area contributed by atoms with Crippen molar-refractivity contribution in [1.82, 2.24) is 0 Å². The van der Waals surface area contributed by atoms with Crippen LogP contribution in [0.2, 0.25) is 5.02 Å². The van der Waals surface area contributed by atoms with Crippen LogP contribution in [0.15, 0.2) is 18.2 Å². The van der Waals surface area contributed by atoms with E-state index < -0.39 is 10.0 Å². The van der Waals surface area contributed by atoms with Gasteiger partial charge in [0.25, 0.3) is 0 Å². The monoisotopic (exact) mass is 328 g/mol. The largest absolute Gasteiger partial charge is 0.320 e. The molecule has 1 aromatic rings. The molecule has 0 saturated carbocycles. The molecule has 0 amide bonds. The SMILES string of the molecule is CC(C)(C)CCS(=O)(=O)Nc1cc(C#CCN)ccc1Cl. The lowest BCUT2D eigenvalue weighted by Gasteiger charge is -2.18. The third kappa shape index (κ3) is 6.85. The molecule has 0 heterocycles. The Labute approximate surface area is 132 Å². The summed E-state index contributed by atoms with van der Waals surface area (Å²) in [5.74, 6) is 5.61. The fraction of sp³-hybridized carbons (Fsp3) is 0.467. The number of hydrogen-bond acceptors (Lipinski definition) is 3. The van der Waals surface area contributed by atoms with Crippen molar-refractivity contribution in [2.45, 2.75) is 27.2 Å². The van der Waals surface area contributed by atoms with Crippen molar-refractivity contribution in [2.24, 2.45) is 11.1 Å². The van der Waals surface area contributed by atoms with Gasteiger partial charge in [-0.1, -0.05) is 44.2 Å². The summed E-state index contributed by atoms with van der Waals surface area (Å²) in [6.07, 6.45) is 0.562. The number of rotatable bonds is 4. The van der Waals surface area contributed by atoms with Gasteiger partial charge in [-0.2, -0.15) is 0 Å². The van der Waals surface area contributed by atoms with E-state index >= 15 is 0 Å². The average molecular weight is 329 g/mol. The van der Waals surface area contributed by atoms with Crippen molar-refractivity contribution in [3.63, 3.8) is 0 Å². The maximum Gasteiger partial charge on any atom is 0.232 e. The number of anilines is 1. The molecule has 0 aromatic heterocycles. The molecule has 1 rings (SSSR count). The van der Waals surface area contributed by atoms with Crippen LogP contribution in [0, 0.1) is 17.3 Å². The highest BCUT2D eigenvalue weighted by Crippen LogP contribution is 2.25. The molecular formula is C15H21ClN2O2S. The predicted molar refractivity (Wildman–Crippen MR) is 88.9 cm³/mol. The molecular weight excluding hydrogens is 308 g/mol.